The summed E-state index contributed by atoms with van der Waals surface area (Å²) < 4.78 is 0. The van der Waals surface area contributed by atoms with Crippen LogP contribution < -0.4 is 5.32 Å². The molecule has 0 spiro atoms. The van der Waals surface area contributed by atoms with E-state index in [-0.39, 0.29) is 6.61 Å². The van der Waals surface area contributed by atoms with E-state index in [1.54, 1.807) is 0 Å². The highest BCUT2D eigenvalue weighted by atomic mass is 16.3. The summed E-state index contributed by atoms with van der Waals surface area (Å²) in [4.78, 5) is 0. The van der Waals surface area contributed by atoms with Crippen molar-refractivity contribution in [3.63, 3.8) is 0 Å². The first-order valence-corrected chi connectivity index (χ1v) is 10.8. The van der Waals surface area contributed by atoms with Crippen LogP contribution in [0.2, 0.25) is 0 Å². The van der Waals surface area contributed by atoms with Gasteiger partial charge in [-0.1, -0.05) is 96.8 Å². The van der Waals surface area contributed by atoms with Gasteiger partial charge >= 0.3 is 0 Å². The van der Waals surface area contributed by atoms with Crippen LogP contribution in [0, 0.1) is 0 Å². The molecule has 1 unspecified atom stereocenters. The van der Waals surface area contributed by atoms with E-state index in [1.807, 2.05) is 0 Å². The minimum atomic E-state index is -0.390. The van der Waals surface area contributed by atoms with Crippen LogP contribution in [-0.2, 0) is 0 Å². The standard InChI is InChI=1S/C21H45NO2/c1-2-3-4-5-6-7-8-9-10-11-12-13-14-15-16-18-21(24)22-19-17-20-23/h21-24H,2-20H2,1H3. The number of rotatable bonds is 20. The van der Waals surface area contributed by atoms with Crippen molar-refractivity contribution in [1.29, 1.82) is 0 Å². The fourth-order valence-electron chi connectivity index (χ4n) is 3.16. The van der Waals surface area contributed by atoms with Crippen LogP contribution in [0.4, 0.5) is 0 Å². The highest BCUT2D eigenvalue weighted by molar-refractivity contribution is 4.55. The lowest BCUT2D eigenvalue weighted by molar-refractivity contribution is 0.121. The lowest BCUT2D eigenvalue weighted by Crippen LogP contribution is -2.29. The lowest BCUT2D eigenvalue weighted by Gasteiger charge is -2.11. The van der Waals surface area contributed by atoms with Gasteiger partial charge in [0.25, 0.3) is 0 Å². The maximum atomic E-state index is 9.69. The van der Waals surface area contributed by atoms with E-state index in [4.69, 9.17) is 5.11 Å². The Morgan fingerprint density at radius 2 is 1.04 bits per heavy atom. The zero-order valence-corrected chi connectivity index (χ0v) is 16.4. The minimum absolute atomic E-state index is 0.193. The average molecular weight is 344 g/mol. The fourth-order valence-corrected chi connectivity index (χ4v) is 3.16. The molecule has 0 saturated carbocycles. The van der Waals surface area contributed by atoms with Gasteiger partial charge in [0.2, 0.25) is 0 Å². The first-order chi connectivity index (χ1) is 11.8. The van der Waals surface area contributed by atoms with Crippen LogP contribution in [0.1, 0.15) is 116 Å². The molecule has 3 heteroatoms. The summed E-state index contributed by atoms with van der Waals surface area (Å²) in [5.41, 5.74) is 0. The molecule has 0 aromatic rings. The molecule has 0 bridgehead atoms. The molecule has 0 aliphatic heterocycles. The van der Waals surface area contributed by atoms with Crippen molar-refractivity contribution in [3.05, 3.63) is 0 Å². The maximum absolute atomic E-state index is 9.69. The molecule has 24 heavy (non-hydrogen) atoms. The summed E-state index contributed by atoms with van der Waals surface area (Å²) in [6.07, 6.45) is 21.8. The van der Waals surface area contributed by atoms with Crippen molar-refractivity contribution in [1.82, 2.24) is 5.32 Å². The van der Waals surface area contributed by atoms with Gasteiger partial charge in [-0.05, 0) is 25.8 Å². The quantitative estimate of drug-likeness (QED) is 0.201. The Balaban J connectivity index is 3.05. The Labute approximate surface area is 151 Å². The highest BCUT2D eigenvalue weighted by Crippen LogP contribution is 2.13. The molecule has 0 aliphatic rings. The van der Waals surface area contributed by atoms with Gasteiger partial charge in [-0.15, -0.1) is 0 Å². The van der Waals surface area contributed by atoms with Crippen LogP contribution in [0.25, 0.3) is 0 Å². The molecule has 0 fully saturated rings. The molecule has 0 aliphatic carbocycles. The zero-order chi connectivity index (χ0) is 17.7. The first kappa shape index (κ1) is 23.9. The van der Waals surface area contributed by atoms with Crippen LogP contribution in [0.3, 0.4) is 0 Å². The third-order valence-electron chi connectivity index (χ3n) is 4.80. The van der Waals surface area contributed by atoms with Crippen molar-refractivity contribution >= 4 is 0 Å². The Morgan fingerprint density at radius 3 is 1.46 bits per heavy atom. The summed E-state index contributed by atoms with van der Waals surface area (Å²) in [7, 11) is 0. The largest absolute Gasteiger partial charge is 0.396 e. The second-order valence-electron chi connectivity index (χ2n) is 7.29. The van der Waals surface area contributed by atoms with Crippen LogP contribution >= 0.6 is 0 Å². The Morgan fingerprint density at radius 1 is 0.625 bits per heavy atom. The Kier molecular flexibility index (Phi) is 20.8. The molecular weight excluding hydrogens is 298 g/mol. The number of hydrogen-bond donors (Lipinski definition) is 3. The second-order valence-corrected chi connectivity index (χ2v) is 7.29. The summed E-state index contributed by atoms with van der Waals surface area (Å²) in [6.45, 7) is 3.18. The summed E-state index contributed by atoms with van der Waals surface area (Å²) in [5, 5.41) is 21.4. The number of nitrogens with one attached hydrogen (secondary N) is 1. The van der Waals surface area contributed by atoms with Gasteiger partial charge in [-0.2, -0.15) is 0 Å². The molecule has 0 aromatic carbocycles. The number of hydrogen-bond acceptors (Lipinski definition) is 3. The van der Waals surface area contributed by atoms with Gasteiger partial charge in [0.1, 0.15) is 6.23 Å². The molecule has 0 aromatic heterocycles. The minimum Gasteiger partial charge on any atom is -0.396 e. The molecule has 1 atom stereocenters. The molecule has 0 amide bonds. The Hall–Kier alpha value is -0.120. The van der Waals surface area contributed by atoms with Gasteiger partial charge in [-0.25, -0.2) is 0 Å². The summed E-state index contributed by atoms with van der Waals surface area (Å²) in [6, 6.07) is 0. The van der Waals surface area contributed by atoms with E-state index in [0.717, 1.165) is 19.3 Å². The van der Waals surface area contributed by atoms with Gasteiger partial charge in [0, 0.05) is 6.61 Å². The molecule has 0 radical (unpaired) electrons. The predicted molar refractivity (Wildman–Crippen MR) is 105 cm³/mol. The highest BCUT2D eigenvalue weighted by Gasteiger charge is 2.01. The second kappa shape index (κ2) is 20.9. The molecule has 3 N–H and O–H groups in total. The van der Waals surface area contributed by atoms with E-state index >= 15 is 0 Å². The predicted octanol–water partition coefficient (Wildman–Crippen LogP) is 5.54. The molecule has 0 saturated heterocycles. The van der Waals surface area contributed by atoms with E-state index < -0.39 is 6.23 Å². The molecule has 146 valence electrons. The molecular formula is C21H45NO2. The lowest BCUT2D eigenvalue weighted by atomic mass is 10.0. The smallest absolute Gasteiger partial charge is 0.104 e. The van der Waals surface area contributed by atoms with Gasteiger partial charge < -0.3 is 10.2 Å². The van der Waals surface area contributed by atoms with E-state index in [2.05, 4.69) is 12.2 Å². The van der Waals surface area contributed by atoms with Crippen molar-refractivity contribution in [3.8, 4) is 0 Å². The third kappa shape index (κ3) is 19.9. The van der Waals surface area contributed by atoms with Crippen molar-refractivity contribution in [2.24, 2.45) is 0 Å². The summed E-state index contributed by atoms with van der Waals surface area (Å²) in [5.74, 6) is 0. The first-order valence-electron chi connectivity index (χ1n) is 10.8. The van der Waals surface area contributed by atoms with Gasteiger partial charge in [0.15, 0.2) is 0 Å². The molecule has 3 nitrogen and oxygen atoms in total. The van der Waals surface area contributed by atoms with Crippen LogP contribution in [0.15, 0.2) is 0 Å². The number of unbranched alkanes of at least 4 members (excludes halogenated alkanes) is 14. The van der Waals surface area contributed by atoms with Crippen LogP contribution in [0.5, 0.6) is 0 Å². The SMILES string of the molecule is CCCCCCCCCCCCCCCCCC(O)NCCCO. The third-order valence-corrected chi connectivity index (χ3v) is 4.80. The van der Waals surface area contributed by atoms with Crippen molar-refractivity contribution in [2.75, 3.05) is 13.2 Å². The van der Waals surface area contributed by atoms with Crippen LogP contribution in [-0.4, -0.2) is 29.6 Å². The average Bonchev–Trinajstić information content (AvgIpc) is 2.58. The van der Waals surface area contributed by atoms with E-state index in [1.165, 1.54) is 89.9 Å². The monoisotopic (exact) mass is 343 g/mol. The van der Waals surface area contributed by atoms with Gasteiger partial charge in [0.05, 0.1) is 0 Å². The molecule has 0 heterocycles. The number of aliphatic hydroxyl groups is 2. The van der Waals surface area contributed by atoms with Gasteiger partial charge in [-0.3, -0.25) is 5.32 Å². The summed E-state index contributed by atoms with van der Waals surface area (Å²) >= 11 is 0. The van der Waals surface area contributed by atoms with E-state index in [0.29, 0.717) is 6.54 Å². The van der Waals surface area contributed by atoms with E-state index in [9.17, 15) is 5.11 Å². The zero-order valence-electron chi connectivity index (χ0n) is 16.4. The molecule has 0 rings (SSSR count). The topological polar surface area (TPSA) is 52.5 Å². The number of aliphatic hydroxyl groups excluding tert-OH is 2. The fraction of sp³-hybridized carbons (Fsp3) is 1.00. The van der Waals surface area contributed by atoms with Crippen molar-refractivity contribution in [2.45, 2.75) is 122 Å². The Bertz CT molecular complexity index is 224. The normalized spacial score (nSPS) is 12.6. The maximum Gasteiger partial charge on any atom is 0.104 e. The van der Waals surface area contributed by atoms with Crippen molar-refractivity contribution < 1.29 is 10.2 Å².